The van der Waals surface area contributed by atoms with Crippen LogP contribution in [-0.4, -0.2) is 4.92 Å². The number of anilines is 1. The first-order valence-electron chi connectivity index (χ1n) is 5.03. The van der Waals surface area contributed by atoms with Gasteiger partial charge in [-0.3, -0.25) is 10.1 Å². The van der Waals surface area contributed by atoms with Crippen molar-refractivity contribution in [1.29, 1.82) is 0 Å². The fourth-order valence-electron chi connectivity index (χ4n) is 1.38. The fraction of sp³-hybridized carbons (Fsp3) is 0. The second-order valence-electron chi connectivity index (χ2n) is 3.54. The molecule has 0 aliphatic heterocycles. The average Bonchev–Trinajstić information content (AvgIpc) is 2.34. The predicted octanol–water partition coefficient (Wildman–Crippen LogP) is 3.57. The third-order valence-electron chi connectivity index (χ3n) is 2.23. The molecule has 0 radical (unpaired) electrons. The van der Waals surface area contributed by atoms with Gasteiger partial charge >= 0.3 is 5.69 Å². The molecular weight excluding hydrogens is 347 g/mol. The van der Waals surface area contributed by atoms with E-state index >= 15 is 0 Å². The number of nitro benzene ring substituents is 1. The second-order valence-corrected chi connectivity index (χ2v) is 4.79. The second kappa shape index (κ2) is 5.21. The largest absolute Gasteiger partial charge is 0.450 e. The van der Waals surface area contributed by atoms with Gasteiger partial charge in [-0.2, -0.15) is 0 Å². The van der Waals surface area contributed by atoms with E-state index < -0.39 is 4.92 Å². The summed E-state index contributed by atoms with van der Waals surface area (Å²) in [6, 6.07) is 11.5. The van der Waals surface area contributed by atoms with Crippen LogP contribution in [0, 0.1) is 13.7 Å². The summed E-state index contributed by atoms with van der Waals surface area (Å²) >= 11 is 2.01. The van der Waals surface area contributed by atoms with Gasteiger partial charge in [-0.05, 0) is 59.0 Å². The molecule has 2 rings (SSSR count). The van der Waals surface area contributed by atoms with E-state index in [9.17, 15) is 10.1 Å². The standard InChI is InChI=1S/C12H9IN2O3/c13-8-1-6-12(11(7-8)15(16)17)18-10-4-2-9(14)3-5-10/h1-7H,14H2. The van der Waals surface area contributed by atoms with Crippen molar-refractivity contribution >= 4 is 34.0 Å². The van der Waals surface area contributed by atoms with Crippen LogP contribution in [0.1, 0.15) is 0 Å². The van der Waals surface area contributed by atoms with Gasteiger partial charge in [0.2, 0.25) is 5.75 Å². The Morgan fingerprint density at radius 1 is 1.17 bits per heavy atom. The third kappa shape index (κ3) is 2.89. The Balaban J connectivity index is 2.34. The minimum atomic E-state index is -0.463. The molecule has 92 valence electrons. The fourth-order valence-corrected chi connectivity index (χ4v) is 1.86. The number of nitrogen functional groups attached to an aromatic ring is 1. The van der Waals surface area contributed by atoms with Crippen molar-refractivity contribution in [2.75, 3.05) is 5.73 Å². The van der Waals surface area contributed by atoms with Crippen LogP contribution in [0.4, 0.5) is 11.4 Å². The van der Waals surface area contributed by atoms with Crippen LogP contribution in [0.15, 0.2) is 42.5 Å². The van der Waals surface area contributed by atoms with Crippen molar-refractivity contribution < 1.29 is 9.66 Å². The molecule has 0 spiro atoms. The van der Waals surface area contributed by atoms with E-state index in [4.69, 9.17) is 10.5 Å². The highest BCUT2D eigenvalue weighted by molar-refractivity contribution is 14.1. The normalized spacial score (nSPS) is 10.1. The third-order valence-corrected chi connectivity index (χ3v) is 2.90. The minimum Gasteiger partial charge on any atom is -0.450 e. The van der Waals surface area contributed by atoms with Crippen LogP contribution >= 0.6 is 22.6 Å². The number of nitro groups is 1. The molecule has 0 aromatic heterocycles. The van der Waals surface area contributed by atoms with Gasteiger partial charge in [0.05, 0.1) is 4.92 Å². The Bertz CT molecular complexity index is 584. The summed E-state index contributed by atoms with van der Waals surface area (Å²) in [5.41, 5.74) is 6.11. The molecule has 0 amide bonds. The van der Waals surface area contributed by atoms with Crippen molar-refractivity contribution in [3.8, 4) is 11.5 Å². The van der Waals surface area contributed by atoms with Gasteiger partial charge in [0.1, 0.15) is 5.75 Å². The van der Waals surface area contributed by atoms with Gasteiger partial charge in [0, 0.05) is 15.3 Å². The van der Waals surface area contributed by atoms with Crippen LogP contribution in [-0.2, 0) is 0 Å². The molecule has 2 N–H and O–H groups in total. The van der Waals surface area contributed by atoms with Gasteiger partial charge in [-0.15, -0.1) is 0 Å². The van der Waals surface area contributed by atoms with Crippen LogP contribution in [0.3, 0.4) is 0 Å². The molecular formula is C12H9IN2O3. The molecule has 6 heteroatoms. The molecule has 18 heavy (non-hydrogen) atoms. The summed E-state index contributed by atoms with van der Waals surface area (Å²) < 4.78 is 6.26. The molecule has 0 saturated heterocycles. The Kier molecular flexibility index (Phi) is 3.66. The average molecular weight is 356 g/mol. The van der Waals surface area contributed by atoms with Crippen molar-refractivity contribution in [3.05, 3.63) is 56.1 Å². The Morgan fingerprint density at radius 2 is 1.83 bits per heavy atom. The number of hydrogen-bond acceptors (Lipinski definition) is 4. The first-order chi connectivity index (χ1) is 8.56. The quantitative estimate of drug-likeness (QED) is 0.395. The summed E-state index contributed by atoms with van der Waals surface area (Å²) in [4.78, 5) is 10.5. The van der Waals surface area contributed by atoms with Crippen molar-refractivity contribution in [2.24, 2.45) is 0 Å². The molecule has 0 aliphatic rings. The maximum atomic E-state index is 10.9. The SMILES string of the molecule is Nc1ccc(Oc2ccc(I)cc2[N+](=O)[O-])cc1. The van der Waals surface area contributed by atoms with Gasteiger partial charge in [-0.1, -0.05) is 0 Å². The predicted molar refractivity (Wildman–Crippen MR) is 76.7 cm³/mol. The monoisotopic (exact) mass is 356 g/mol. The van der Waals surface area contributed by atoms with E-state index in [1.807, 2.05) is 22.6 Å². The number of halogens is 1. The van der Waals surface area contributed by atoms with Crippen molar-refractivity contribution in [3.63, 3.8) is 0 Å². The van der Waals surface area contributed by atoms with E-state index in [1.165, 1.54) is 6.07 Å². The van der Waals surface area contributed by atoms with Crippen LogP contribution in [0.5, 0.6) is 11.5 Å². The zero-order valence-electron chi connectivity index (χ0n) is 9.17. The number of rotatable bonds is 3. The van der Waals surface area contributed by atoms with Crippen LogP contribution in [0.2, 0.25) is 0 Å². The summed E-state index contributed by atoms with van der Waals surface area (Å²) in [6.45, 7) is 0. The first kappa shape index (κ1) is 12.6. The highest BCUT2D eigenvalue weighted by Gasteiger charge is 2.16. The zero-order chi connectivity index (χ0) is 13.1. The molecule has 0 heterocycles. The summed E-state index contributed by atoms with van der Waals surface area (Å²) in [5.74, 6) is 0.721. The zero-order valence-corrected chi connectivity index (χ0v) is 11.3. The number of hydrogen-bond donors (Lipinski definition) is 1. The Morgan fingerprint density at radius 3 is 2.44 bits per heavy atom. The van der Waals surface area contributed by atoms with E-state index in [1.54, 1.807) is 36.4 Å². The first-order valence-corrected chi connectivity index (χ1v) is 6.11. The van der Waals surface area contributed by atoms with Gasteiger partial charge < -0.3 is 10.5 Å². The van der Waals surface area contributed by atoms with Gasteiger partial charge in [-0.25, -0.2) is 0 Å². The molecule has 0 aliphatic carbocycles. The maximum Gasteiger partial charge on any atom is 0.312 e. The van der Waals surface area contributed by atoms with Crippen molar-refractivity contribution in [1.82, 2.24) is 0 Å². The molecule has 0 fully saturated rings. The molecule has 0 bridgehead atoms. The molecule has 0 atom stereocenters. The van der Waals surface area contributed by atoms with Crippen LogP contribution in [0.25, 0.3) is 0 Å². The Hall–Kier alpha value is -1.83. The van der Waals surface area contributed by atoms with E-state index in [0.29, 0.717) is 11.4 Å². The van der Waals surface area contributed by atoms with E-state index in [2.05, 4.69) is 0 Å². The topological polar surface area (TPSA) is 78.4 Å². The van der Waals surface area contributed by atoms with Crippen LogP contribution < -0.4 is 10.5 Å². The summed E-state index contributed by atoms with van der Waals surface area (Å²) in [5, 5.41) is 10.9. The molecule has 0 saturated carbocycles. The summed E-state index contributed by atoms with van der Waals surface area (Å²) in [6.07, 6.45) is 0. The lowest BCUT2D eigenvalue weighted by atomic mass is 10.3. The number of ether oxygens (including phenoxy) is 1. The minimum absolute atomic E-state index is 0.0567. The lowest BCUT2D eigenvalue weighted by molar-refractivity contribution is -0.385. The lowest BCUT2D eigenvalue weighted by Gasteiger charge is -2.06. The number of benzene rings is 2. The smallest absolute Gasteiger partial charge is 0.312 e. The maximum absolute atomic E-state index is 10.9. The molecule has 2 aromatic carbocycles. The van der Waals surface area contributed by atoms with Gasteiger partial charge in [0.25, 0.3) is 0 Å². The number of nitrogens with zero attached hydrogens (tertiary/aromatic N) is 1. The van der Waals surface area contributed by atoms with E-state index in [0.717, 1.165) is 3.57 Å². The molecule has 5 nitrogen and oxygen atoms in total. The molecule has 2 aromatic rings. The van der Waals surface area contributed by atoms with Gasteiger partial charge in [0.15, 0.2) is 0 Å². The number of nitrogens with two attached hydrogens (primary N) is 1. The molecule has 0 unspecified atom stereocenters. The lowest BCUT2D eigenvalue weighted by Crippen LogP contribution is -1.94. The highest BCUT2D eigenvalue weighted by Crippen LogP contribution is 2.32. The van der Waals surface area contributed by atoms with E-state index in [-0.39, 0.29) is 11.4 Å². The van der Waals surface area contributed by atoms with Crippen molar-refractivity contribution in [2.45, 2.75) is 0 Å². The Labute approximate surface area is 117 Å². The summed E-state index contributed by atoms with van der Waals surface area (Å²) in [7, 11) is 0. The highest BCUT2D eigenvalue weighted by atomic mass is 127.